The molecule has 9 heteroatoms. The number of nitrogens with one attached hydrogen (secondary N) is 1. The lowest BCUT2D eigenvalue weighted by Crippen LogP contribution is -2.53. The van der Waals surface area contributed by atoms with Crippen molar-refractivity contribution in [2.24, 2.45) is 4.99 Å². The number of hydrogen-bond donors (Lipinski definition) is 1. The molecule has 1 aromatic carbocycles. The highest BCUT2D eigenvalue weighted by molar-refractivity contribution is 14.0. The van der Waals surface area contributed by atoms with Gasteiger partial charge >= 0.3 is 0 Å². The third-order valence-corrected chi connectivity index (χ3v) is 7.03. The average molecular weight is 570 g/mol. The maximum atomic E-state index is 12.6. The quantitative estimate of drug-likeness (QED) is 0.341. The number of fused-ring (bicyclic) bond motifs is 1. The van der Waals surface area contributed by atoms with Gasteiger partial charge in [0.1, 0.15) is 5.75 Å². The van der Waals surface area contributed by atoms with Gasteiger partial charge in [-0.25, -0.2) is 0 Å². The van der Waals surface area contributed by atoms with E-state index in [1.165, 1.54) is 16.1 Å². The van der Waals surface area contributed by atoms with Crippen LogP contribution in [0.3, 0.4) is 0 Å². The Labute approximate surface area is 211 Å². The van der Waals surface area contributed by atoms with Gasteiger partial charge in [-0.15, -0.1) is 35.3 Å². The van der Waals surface area contributed by atoms with Crippen LogP contribution in [0, 0.1) is 0 Å². The Hall–Kier alpha value is -2.01. The Balaban J connectivity index is 0.00000289. The van der Waals surface area contributed by atoms with Crippen LogP contribution in [0.5, 0.6) is 5.75 Å². The number of methoxy groups -OCH3 is 1. The number of thiophene rings is 1. The summed E-state index contributed by atoms with van der Waals surface area (Å²) in [5, 5.41) is 5.51. The zero-order valence-electron chi connectivity index (χ0n) is 18.7. The molecule has 32 heavy (non-hydrogen) atoms. The molecule has 3 heterocycles. The molecule has 174 valence electrons. The summed E-state index contributed by atoms with van der Waals surface area (Å²) in [6.07, 6.45) is 1.47. The second kappa shape index (κ2) is 11.7. The molecule has 1 amide bonds. The number of ether oxygens (including phenoxy) is 1. The Kier molecular flexibility index (Phi) is 9.03. The van der Waals surface area contributed by atoms with E-state index in [9.17, 15) is 4.79 Å². The lowest BCUT2D eigenvalue weighted by atomic mass is 10.1. The third kappa shape index (κ3) is 5.86. The molecule has 1 saturated heterocycles. The fourth-order valence-corrected chi connectivity index (χ4v) is 5.09. The predicted molar refractivity (Wildman–Crippen MR) is 142 cm³/mol. The summed E-state index contributed by atoms with van der Waals surface area (Å²) in [4.78, 5) is 25.1. The number of aliphatic imine (C=N–C) groups is 1. The van der Waals surface area contributed by atoms with E-state index in [1.807, 2.05) is 24.1 Å². The van der Waals surface area contributed by atoms with Crippen molar-refractivity contribution in [1.29, 1.82) is 0 Å². The zero-order valence-corrected chi connectivity index (χ0v) is 21.9. The van der Waals surface area contributed by atoms with Crippen molar-refractivity contribution in [3.05, 3.63) is 46.2 Å². The van der Waals surface area contributed by atoms with Crippen LogP contribution in [0.4, 0.5) is 5.69 Å². The Morgan fingerprint density at radius 1 is 1.09 bits per heavy atom. The van der Waals surface area contributed by atoms with Gasteiger partial charge in [0.15, 0.2) is 5.96 Å². The molecule has 0 unspecified atom stereocenters. The molecule has 4 rings (SSSR count). The Bertz CT molecular complexity index is 909. The SMILES string of the molecule is CN=C(NCCC(=O)N1CCc2sccc2C1)N1CCN(c2ccc(OC)cc2)CC1.I. The molecule has 1 N–H and O–H groups in total. The van der Waals surface area contributed by atoms with Gasteiger partial charge in [0.25, 0.3) is 0 Å². The van der Waals surface area contributed by atoms with Crippen LogP contribution in [-0.4, -0.2) is 75.1 Å². The third-order valence-electron chi connectivity index (χ3n) is 6.01. The first-order valence-electron chi connectivity index (χ1n) is 10.9. The van der Waals surface area contributed by atoms with Crippen LogP contribution in [0.1, 0.15) is 16.9 Å². The summed E-state index contributed by atoms with van der Waals surface area (Å²) in [5.74, 6) is 1.96. The molecule has 0 bridgehead atoms. The maximum Gasteiger partial charge on any atom is 0.224 e. The van der Waals surface area contributed by atoms with Crippen LogP contribution in [0.25, 0.3) is 0 Å². The summed E-state index contributed by atoms with van der Waals surface area (Å²) in [6.45, 7) is 5.84. The van der Waals surface area contributed by atoms with E-state index >= 15 is 0 Å². The fraction of sp³-hybridized carbons (Fsp3) is 0.478. The minimum absolute atomic E-state index is 0. The molecule has 0 atom stereocenters. The molecule has 1 aromatic heterocycles. The van der Waals surface area contributed by atoms with Crippen LogP contribution in [0.15, 0.2) is 40.7 Å². The number of nitrogens with zero attached hydrogens (tertiary/aromatic N) is 4. The van der Waals surface area contributed by atoms with Gasteiger partial charge in [-0.3, -0.25) is 9.79 Å². The molecule has 2 aromatic rings. The summed E-state index contributed by atoms with van der Waals surface area (Å²) in [6, 6.07) is 10.4. The summed E-state index contributed by atoms with van der Waals surface area (Å²) >= 11 is 1.80. The van der Waals surface area contributed by atoms with E-state index in [1.54, 1.807) is 18.4 Å². The second-order valence-electron chi connectivity index (χ2n) is 7.83. The van der Waals surface area contributed by atoms with Crippen molar-refractivity contribution >= 4 is 52.9 Å². The first kappa shape index (κ1) is 24.6. The fourth-order valence-electron chi connectivity index (χ4n) is 4.20. The first-order valence-corrected chi connectivity index (χ1v) is 11.7. The molecular weight excluding hydrogens is 537 g/mol. The molecule has 7 nitrogen and oxygen atoms in total. The number of rotatable bonds is 5. The first-order chi connectivity index (χ1) is 15.2. The smallest absolute Gasteiger partial charge is 0.224 e. The van der Waals surface area contributed by atoms with Crippen LogP contribution in [-0.2, 0) is 17.8 Å². The molecular formula is C23H32IN5O2S. The Morgan fingerprint density at radius 3 is 2.53 bits per heavy atom. The average Bonchev–Trinajstić information content (AvgIpc) is 3.30. The van der Waals surface area contributed by atoms with Crippen molar-refractivity contribution in [1.82, 2.24) is 15.1 Å². The topological polar surface area (TPSA) is 60.4 Å². The number of anilines is 1. The standard InChI is InChI=1S/C23H31N5O2S.HI/c1-24-23(25-10-7-22(29)28-11-8-21-18(17-28)9-16-31-21)27-14-12-26(13-15-27)19-3-5-20(30-2)6-4-19;/h3-6,9,16H,7-8,10-15,17H2,1-2H3,(H,24,25);1H. The van der Waals surface area contributed by atoms with Gasteiger partial charge in [-0.1, -0.05) is 0 Å². The number of piperazine rings is 1. The monoisotopic (exact) mass is 569 g/mol. The number of carbonyl (C=O) groups excluding carboxylic acids is 1. The van der Waals surface area contributed by atoms with Crippen molar-refractivity contribution < 1.29 is 9.53 Å². The molecule has 1 fully saturated rings. The largest absolute Gasteiger partial charge is 0.497 e. The number of guanidine groups is 1. The second-order valence-corrected chi connectivity index (χ2v) is 8.83. The van der Waals surface area contributed by atoms with Crippen molar-refractivity contribution in [3.8, 4) is 5.75 Å². The number of benzene rings is 1. The van der Waals surface area contributed by atoms with Gasteiger partial charge in [-0.05, 0) is 47.7 Å². The molecule has 2 aliphatic heterocycles. The zero-order chi connectivity index (χ0) is 21.6. The molecule has 0 aliphatic carbocycles. The highest BCUT2D eigenvalue weighted by Gasteiger charge is 2.22. The van der Waals surface area contributed by atoms with Crippen LogP contribution >= 0.6 is 35.3 Å². The molecule has 0 spiro atoms. The van der Waals surface area contributed by atoms with E-state index in [0.29, 0.717) is 13.0 Å². The molecule has 0 radical (unpaired) electrons. The van der Waals surface area contributed by atoms with E-state index in [4.69, 9.17) is 4.74 Å². The maximum absolute atomic E-state index is 12.6. The van der Waals surface area contributed by atoms with Gasteiger partial charge in [0.05, 0.1) is 7.11 Å². The van der Waals surface area contributed by atoms with Crippen LogP contribution < -0.4 is 15.0 Å². The predicted octanol–water partition coefficient (Wildman–Crippen LogP) is 3.05. The van der Waals surface area contributed by atoms with E-state index in [2.05, 4.69) is 43.7 Å². The van der Waals surface area contributed by atoms with Crippen molar-refractivity contribution in [2.45, 2.75) is 19.4 Å². The number of halogens is 1. The van der Waals surface area contributed by atoms with E-state index in [0.717, 1.165) is 57.4 Å². The Morgan fingerprint density at radius 2 is 1.84 bits per heavy atom. The molecule has 0 saturated carbocycles. The lowest BCUT2D eigenvalue weighted by Gasteiger charge is -2.37. The highest BCUT2D eigenvalue weighted by atomic mass is 127. The molecule has 2 aliphatic rings. The van der Waals surface area contributed by atoms with Gasteiger partial charge in [-0.2, -0.15) is 0 Å². The lowest BCUT2D eigenvalue weighted by molar-refractivity contribution is -0.131. The summed E-state index contributed by atoms with van der Waals surface area (Å²) < 4.78 is 5.25. The van der Waals surface area contributed by atoms with E-state index < -0.39 is 0 Å². The van der Waals surface area contributed by atoms with Crippen LogP contribution in [0.2, 0.25) is 0 Å². The minimum atomic E-state index is 0. The summed E-state index contributed by atoms with van der Waals surface area (Å²) in [5.41, 5.74) is 2.52. The summed E-state index contributed by atoms with van der Waals surface area (Å²) in [7, 11) is 3.49. The van der Waals surface area contributed by atoms with E-state index in [-0.39, 0.29) is 29.9 Å². The number of hydrogen-bond acceptors (Lipinski definition) is 5. The highest BCUT2D eigenvalue weighted by Crippen LogP contribution is 2.24. The van der Waals surface area contributed by atoms with Gasteiger partial charge in [0, 0.05) is 69.8 Å². The van der Waals surface area contributed by atoms with Crippen molar-refractivity contribution in [2.75, 3.05) is 58.3 Å². The number of carbonyl (C=O) groups is 1. The van der Waals surface area contributed by atoms with Crippen molar-refractivity contribution in [3.63, 3.8) is 0 Å². The minimum Gasteiger partial charge on any atom is -0.497 e. The number of amides is 1. The van der Waals surface area contributed by atoms with Gasteiger partial charge < -0.3 is 24.8 Å². The van der Waals surface area contributed by atoms with Gasteiger partial charge in [0.2, 0.25) is 5.91 Å². The normalized spacial score (nSPS) is 16.3.